The Balaban J connectivity index is 1.85. The first kappa shape index (κ1) is 6.98. The molecule has 1 aromatic rings. The van der Waals surface area contributed by atoms with E-state index in [4.69, 9.17) is 0 Å². The zero-order valence-corrected chi connectivity index (χ0v) is 6.97. The van der Waals surface area contributed by atoms with Crippen LogP contribution in [0.25, 0.3) is 0 Å². The number of rotatable bonds is 3. The Morgan fingerprint density at radius 1 is 1.45 bits per heavy atom. The summed E-state index contributed by atoms with van der Waals surface area (Å²) in [5.41, 5.74) is 0. The molecule has 11 heavy (non-hydrogen) atoms. The van der Waals surface area contributed by atoms with Crippen LogP contribution in [0.5, 0.6) is 0 Å². The van der Waals surface area contributed by atoms with Gasteiger partial charge in [-0.2, -0.15) is 0 Å². The first-order valence-electron chi connectivity index (χ1n) is 3.78. The molecule has 0 spiro atoms. The Kier molecular flexibility index (Phi) is 1.99. The molecule has 0 bridgehead atoms. The van der Waals surface area contributed by atoms with Crippen LogP contribution < -0.4 is 4.72 Å². The van der Waals surface area contributed by atoms with Crippen molar-refractivity contribution in [1.82, 2.24) is 4.98 Å². The molecule has 3 heteroatoms. The van der Waals surface area contributed by atoms with Crippen LogP contribution in [0.2, 0.25) is 0 Å². The highest BCUT2D eigenvalue weighted by molar-refractivity contribution is 8.01. The Bertz CT molecular complexity index is 221. The van der Waals surface area contributed by atoms with Gasteiger partial charge >= 0.3 is 0 Å². The molecule has 58 valence electrons. The monoisotopic (exact) mass is 166 g/mol. The number of pyridine rings is 1. The summed E-state index contributed by atoms with van der Waals surface area (Å²) in [6.45, 7) is 0. The third-order valence-electron chi connectivity index (χ3n) is 1.52. The van der Waals surface area contributed by atoms with E-state index in [1.165, 1.54) is 12.8 Å². The number of hydrogen-bond donors (Lipinski definition) is 1. The first-order chi connectivity index (χ1) is 5.45. The Labute approximate surface area is 70.5 Å². The minimum atomic E-state index is 0.831. The lowest BCUT2D eigenvalue weighted by Gasteiger charge is -2.00. The van der Waals surface area contributed by atoms with E-state index in [0.717, 1.165) is 11.1 Å². The van der Waals surface area contributed by atoms with Gasteiger partial charge in [0.1, 0.15) is 5.82 Å². The minimum absolute atomic E-state index is 0.831. The van der Waals surface area contributed by atoms with E-state index in [9.17, 15) is 0 Å². The molecule has 1 aromatic heterocycles. The molecule has 1 aliphatic rings. The molecule has 1 heterocycles. The topological polar surface area (TPSA) is 24.9 Å². The van der Waals surface area contributed by atoms with Crippen molar-refractivity contribution in [2.75, 3.05) is 4.72 Å². The van der Waals surface area contributed by atoms with Crippen molar-refractivity contribution >= 4 is 17.8 Å². The van der Waals surface area contributed by atoms with Crippen molar-refractivity contribution in [1.29, 1.82) is 0 Å². The quantitative estimate of drug-likeness (QED) is 0.697. The third-order valence-corrected chi connectivity index (χ3v) is 2.65. The fraction of sp³-hybridized carbons (Fsp3) is 0.375. The van der Waals surface area contributed by atoms with Gasteiger partial charge in [0.15, 0.2) is 0 Å². The van der Waals surface area contributed by atoms with Crippen molar-refractivity contribution in [3.8, 4) is 0 Å². The Hall–Kier alpha value is -0.700. The van der Waals surface area contributed by atoms with Gasteiger partial charge in [0.05, 0.1) is 0 Å². The summed E-state index contributed by atoms with van der Waals surface area (Å²) in [4.78, 5) is 4.15. The number of aromatic nitrogens is 1. The molecule has 0 amide bonds. The number of hydrogen-bond acceptors (Lipinski definition) is 3. The maximum absolute atomic E-state index is 4.15. The van der Waals surface area contributed by atoms with E-state index in [0.29, 0.717) is 0 Å². The molecule has 1 saturated carbocycles. The summed E-state index contributed by atoms with van der Waals surface area (Å²) in [7, 11) is 0. The van der Waals surface area contributed by atoms with Crippen molar-refractivity contribution in [3.63, 3.8) is 0 Å². The van der Waals surface area contributed by atoms with E-state index >= 15 is 0 Å². The van der Waals surface area contributed by atoms with Gasteiger partial charge < -0.3 is 4.72 Å². The first-order valence-corrected chi connectivity index (χ1v) is 4.66. The van der Waals surface area contributed by atoms with Crippen LogP contribution in [0.4, 0.5) is 5.82 Å². The van der Waals surface area contributed by atoms with Gasteiger partial charge in [-0.1, -0.05) is 6.07 Å². The van der Waals surface area contributed by atoms with Gasteiger partial charge in [0.2, 0.25) is 0 Å². The summed E-state index contributed by atoms with van der Waals surface area (Å²) in [5.74, 6) is 0.962. The van der Waals surface area contributed by atoms with Gasteiger partial charge in [-0.25, -0.2) is 4.98 Å². The highest BCUT2D eigenvalue weighted by atomic mass is 32.2. The van der Waals surface area contributed by atoms with Gasteiger partial charge in [-0.3, -0.25) is 0 Å². The van der Waals surface area contributed by atoms with Crippen molar-refractivity contribution in [2.45, 2.75) is 18.1 Å². The molecule has 0 aliphatic heterocycles. The summed E-state index contributed by atoms with van der Waals surface area (Å²) >= 11 is 1.78. The zero-order chi connectivity index (χ0) is 7.52. The summed E-state index contributed by atoms with van der Waals surface area (Å²) in [6.07, 6.45) is 4.50. The fourth-order valence-corrected chi connectivity index (χ4v) is 1.53. The number of anilines is 1. The Morgan fingerprint density at radius 2 is 2.36 bits per heavy atom. The van der Waals surface area contributed by atoms with Gasteiger partial charge in [-0.05, 0) is 36.9 Å². The number of nitrogens with zero attached hydrogens (tertiary/aromatic N) is 1. The van der Waals surface area contributed by atoms with Crippen molar-refractivity contribution < 1.29 is 0 Å². The average Bonchev–Trinajstić information content (AvgIpc) is 2.86. The summed E-state index contributed by atoms with van der Waals surface area (Å²) in [6, 6.07) is 5.89. The van der Waals surface area contributed by atoms with E-state index in [1.54, 1.807) is 18.1 Å². The van der Waals surface area contributed by atoms with Gasteiger partial charge in [0, 0.05) is 11.4 Å². The van der Waals surface area contributed by atoms with Gasteiger partial charge in [-0.15, -0.1) is 0 Å². The standard InChI is InChI=1S/C8H10N2S/c1-2-6-9-8(3-1)10-11-7-4-5-7/h1-3,6-7H,4-5H2,(H,9,10). The van der Waals surface area contributed by atoms with Crippen LogP contribution in [0, 0.1) is 0 Å². The van der Waals surface area contributed by atoms with Crippen LogP contribution in [-0.2, 0) is 0 Å². The number of nitrogens with one attached hydrogen (secondary N) is 1. The molecule has 2 rings (SSSR count). The molecule has 0 aromatic carbocycles. The normalized spacial score (nSPS) is 16.4. The summed E-state index contributed by atoms with van der Waals surface area (Å²) in [5, 5.41) is 0.831. The molecular formula is C8H10N2S. The maximum atomic E-state index is 4.15. The second kappa shape index (κ2) is 3.13. The second-order valence-electron chi connectivity index (χ2n) is 2.63. The lowest BCUT2D eigenvalue weighted by atomic mass is 10.5. The van der Waals surface area contributed by atoms with E-state index in [1.807, 2.05) is 18.2 Å². The van der Waals surface area contributed by atoms with Crippen molar-refractivity contribution in [2.24, 2.45) is 0 Å². The highest BCUT2D eigenvalue weighted by Gasteiger charge is 2.21. The van der Waals surface area contributed by atoms with E-state index in [-0.39, 0.29) is 0 Å². The van der Waals surface area contributed by atoms with Crippen LogP contribution >= 0.6 is 11.9 Å². The lowest BCUT2D eigenvalue weighted by Crippen LogP contribution is -1.90. The molecular weight excluding hydrogens is 156 g/mol. The van der Waals surface area contributed by atoms with Gasteiger partial charge in [0.25, 0.3) is 0 Å². The Morgan fingerprint density at radius 3 is 3.00 bits per heavy atom. The molecule has 1 N–H and O–H groups in total. The maximum Gasteiger partial charge on any atom is 0.135 e. The predicted molar refractivity (Wildman–Crippen MR) is 48.5 cm³/mol. The second-order valence-corrected chi connectivity index (χ2v) is 3.74. The average molecular weight is 166 g/mol. The largest absolute Gasteiger partial charge is 0.314 e. The fourth-order valence-electron chi connectivity index (χ4n) is 0.753. The molecule has 1 aliphatic carbocycles. The van der Waals surface area contributed by atoms with Crippen molar-refractivity contribution in [3.05, 3.63) is 24.4 Å². The SMILES string of the molecule is c1ccc(NSC2CC2)nc1. The minimum Gasteiger partial charge on any atom is -0.314 e. The zero-order valence-electron chi connectivity index (χ0n) is 6.16. The molecule has 1 fully saturated rings. The van der Waals surface area contributed by atoms with Crippen LogP contribution in [0.3, 0.4) is 0 Å². The summed E-state index contributed by atoms with van der Waals surface area (Å²) < 4.78 is 3.21. The molecule has 0 saturated heterocycles. The van der Waals surface area contributed by atoms with Crippen LogP contribution in [0.15, 0.2) is 24.4 Å². The predicted octanol–water partition coefficient (Wildman–Crippen LogP) is 2.30. The third kappa shape index (κ3) is 2.12. The van der Waals surface area contributed by atoms with Crippen LogP contribution in [0.1, 0.15) is 12.8 Å². The molecule has 0 atom stereocenters. The highest BCUT2D eigenvalue weighted by Crippen LogP contribution is 2.33. The molecule has 0 unspecified atom stereocenters. The lowest BCUT2D eigenvalue weighted by molar-refractivity contribution is 1.33. The van der Waals surface area contributed by atoms with Crippen LogP contribution in [-0.4, -0.2) is 10.2 Å². The molecule has 2 nitrogen and oxygen atoms in total. The smallest absolute Gasteiger partial charge is 0.135 e. The van der Waals surface area contributed by atoms with E-state index in [2.05, 4.69) is 9.71 Å². The molecule has 0 radical (unpaired) electrons. The van der Waals surface area contributed by atoms with E-state index < -0.39 is 0 Å².